The second kappa shape index (κ2) is 6.08. The van der Waals surface area contributed by atoms with Crippen molar-refractivity contribution in [3.05, 3.63) is 23.5 Å². The third kappa shape index (κ3) is 2.82. The van der Waals surface area contributed by atoms with Crippen molar-refractivity contribution in [2.24, 2.45) is 23.2 Å². The van der Waals surface area contributed by atoms with Crippen molar-refractivity contribution < 1.29 is 9.59 Å². The number of aromatic nitrogens is 2. The summed E-state index contributed by atoms with van der Waals surface area (Å²) in [5, 5.41) is 7.75. The van der Waals surface area contributed by atoms with Gasteiger partial charge in [-0.25, -0.2) is 4.98 Å². The molecule has 4 aliphatic carbocycles. The van der Waals surface area contributed by atoms with E-state index in [-0.39, 0.29) is 23.8 Å². The van der Waals surface area contributed by atoms with Crippen molar-refractivity contribution in [2.75, 3.05) is 6.54 Å². The van der Waals surface area contributed by atoms with Crippen LogP contribution in [0.5, 0.6) is 0 Å². The van der Waals surface area contributed by atoms with E-state index in [4.69, 9.17) is 0 Å². The van der Waals surface area contributed by atoms with Crippen molar-refractivity contribution in [1.82, 2.24) is 20.0 Å². The molecular formula is C19H24N4O2S. The van der Waals surface area contributed by atoms with Crippen molar-refractivity contribution in [1.29, 1.82) is 0 Å². The van der Waals surface area contributed by atoms with Crippen LogP contribution >= 0.6 is 11.3 Å². The topological polar surface area (TPSA) is 75.5 Å². The highest BCUT2D eigenvalue weighted by Gasteiger charge is 2.54. The van der Waals surface area contributed by atoms with Crippen LogP contribution in [0.4, 0.5) is 0 Å². The molecule has 4 aliphatic rings. The number of carbonyl (C=O) groups is 2. The van der Waals surface area contributed by atoms with Crippen LogP contribution in [0.1, 0.15) is 44.2 Å². The highest BCUT2D eigenvalue weighted by Crippen LogP contribution is 2.60. The molecule has 138 valence electrons. The summed E-state index contributed by atoms with van der Waals surface area (Å²) in [5.41, 5.74) is 0.640. The van der Waals surface area contributed by atoms with Gasteiger partial charge in [-0.3, -0.25) is 14.0 Å². The third-order valence-electron chi connectivity index (χ3n) is 6.54. The maximum atomic E-state index is 12.9. The summed E-state index contributed by atoms with van der Waals surface area (Å²) in [7, 11) is 0. The number of carbonyl (C=O) groups excluding carboxylic acids is 2. The van der Waals surface area contributed by atoms with E-state index in [1.165, 1.54) is 19.3 Å². The Labute approximate surface area is 156 Å². The molecule has 2 heterocycles. The van der Waals surface area contributed by atoms with Gasteiger partial charge < -0.3 is 10.6 Å². The van der Waals surface area contributed by atoms with E-state index in [1.807, 2.05) is 22.2 Å². The van der Waals surface area contributed by atoms with Gasteiger partial charge in [0.2, 0.25) is 11.8 Å². The van der Waals surface area contributed by atoms with E-state index in [0.717, 1.165) is 47.7 Å². The van der Waals surface area contributed by atoms with Crippen LogP contribution in [-0.2, 0) is 16.1 Å². The molecule has 26 heavy (non-hydrogen) atoms. The summed E-state index contributed by atoms with van der Waals surface area (Å²) in [6.45, 7) is 0.448. The number of nitrogens with zero attached hydrogens (tertiary/aromatic N) is 2. The molecule has 0 unspecified atom stereocenters. The molecule has 0 atom stereocenters. The van der Waals surface area contributed by atoms with Crippen LogP contribution in [0, 0.1) is 23.2 Å². The van der Waals surface area contributed by atoms with Crippen LogP contribution < -0.4 is 10.6 Å². The van der Waals surface area contributed by atoms with E-state index in [0.29, 0.717) is 6.54 Å². The molecule has 0 aliphatic heterocycles. The van der Waals surface area contributed by atoms with E-state index in [2.05, 4.69) is 15.6 Å². The van der Waals surface area contributed by atoms with Crippen LogP contribution in [-0.4, -0.2) is 27.7 Å². The second-order valence-corrected chi connectivity index (χ2v) is 9.36. The van der Waals surface area contributed by atoms with Crippen molar-refractivity contribution in [3.8, 4) is 0 Å². The lowest BCUT2D eigenvalue weighted by Crippen LogP contribution is -2.54. The second-order valence-electron chi connectivity index (χ2n) is 8.48. The van der Waals surface area contributed by atoms with Gasteiger partial charge in [-0.05, 0) is 56.3 Å². The van der Waals surface area contributed by atoms with Gasteiger partial charge >= 0.3 is 0 Å². The maximum Gasteiger partial charge on any atom is 0.239 e. The maximum absolute atomic E-state index is 12.9. The number of hydrogen-bond donors (Lipinski definition) is 2. The Hall–Kier alpha value is -1.89. The number of amides is 2. The van der Waals surface area contributed by atoms with Crippen LogP contribution in [0.2, 0.25) is 0 Å². The molecule has 4 bridgehead atoms. The Balaban J connectivity index is 1.14. The van der Waals surface area contributed by atoms with Gasteiger partial charge in [0, 0.05) is 23.2 Å². The fourth-order valence-corrected chi connectivity index (χ4v) is 6.57. The smallest absolute Gasteiger partial charge is 0.239 e. The first-order chi connectivity index (χ1) is 12.6. The number of fused-ring (bicyclic) bond motifs is 1. The largest absolute Gasteiger partial charge is 0.349 e. The van der Waals surface area contributed by atoms with Crippen molar-refractivity contribution >= 4 is 28.1 Å². The monoisotopic (exact) mass is 372 g/mol. The molecule has 0 saturated heterocycles. The lowest BCUT2D eigenvalue weighted by atomic mass is 9.49. The predicted octanol–water partition coefficient (Wildman–Crippen LogP) is 2.34. The van der Waals surface area contributed by atoms with Crippen molar-refractivity contribution in [3.63, 3.8) is 0 Å². The number of nitrogens with one attached hydrogen (secondary N) is 2. The van der Waals surface area contributed by atoms with E-state index in [1.54, 1.807) is 11.3 Å². The zero-order chi connectivity index (χ0) is 17.7. The Bertz CT molecular complexity index is 791. The fourth-order valence-electron chi connectivity index (χ4n) is 5.85. The summed E-state index contributed by atoms with van der Waals surface area (Å²) in [4.78, 5) is 30.4. The molecule has 4 fully saturated rings. The lowest BCUT2D eigenvalue weighted by molar-refractivity contribution is -0.147. The van der Waals surface area contributed by atoms with Gasteiger partial charge in [0.1, 0.15) is 0 Å². The van der Waals surface area contributed by atoms with Gasteiger partial charge in [-0.15, -0.1) is 11.3 Å². The Kier molecular flexibility index (Phi) is 3.81. The first kappa shape index (κ1) is 16.3. The average molecular weight is 372 g/mol. The molecule has 6 nitrogen and oxygen atoms in total. The van der Waals surface area contributed by atoms with Gasteiger partial charge in [-0.2, -0.15) is 0 Å². The molecular weight excluding hydrogens is 348 g/mol. The Morgan fingerprint density at radius 1 is 1.15 bits per heavy atom. The van der Waals surface area contributed by atoms with Gasteiger partial charge in [0.15, 0.2) is 4.96 Å². The van der Waals surface area contributed by atoms with E-state index < -0.39 is 0 Å². The van der Waals surface area contributed by atoms with Gasteiger partial charge in [0.25, 0.3) is 0 Å². The minimum absolute atomic E-state index is 0.0583. The molecule has 0 aromatic carbocycles. The number of rotatable bonds is 5. The summed E-state index contributed by atoms with van der Waals surface area (Å²) in [6, 6.07) is 0. The van der Waals surface area contributed by atoms with Crippen LogP contribution in [0.25, 0.3) is 4.96 Å². The molecule has 2 aromatic rings. The lowest BCUT2D eigenvalue weighted by Gasteiger charge is -2.55. The van der Waals surface area contributed by atoms with Crippen LogP contribution in [0.3, 0.4) is 0 Å². The molecule has 4 saturated carbocycles. The Morgan fingerprint density at radius 3 is 2.50 bits per heavy atom. The fraction of sp³-hybridized carbons (Fsp3) is 0.632. The van der Waals surface area contributed by atoms with Crippen LogP contribution in [0.15, 0.2) is 17.8 Å². The first-order valence-corrected chi connectivity index (χ1v) is 10.4. The Morgan fingerprint density at radius 2 is 1.85 bits per heavy atom. The highest BCUT2D eigenvalue weighted by atomic mass is 32.1. The summed E-state index contributed by atoms with van der Waals surface area (Å²) in [6.07, 6.45) is 10.9. The van der Waals surface area contributed by atoms with E-state index in [9.17, 15) is 9.59 Å². The standard InChI is InChI=1S/C19H24N4O2S/c24-16(20-9-15-11-23-1-2-26-18(23)22-15)10-21-17(25)19-6-12-3-13(7-19)5-14(4-12)8-19/h1-2,11-14H,3-10H2,(H,20,24)(H,21,25). The zero-order valence-electron chi connectivity index (χ0n) is 14.7. The summed E-state index contributed by atoms with van der Waals surface area (Å²) in [5.74, 6) is 2.15. The minimum Gasteiger partial charge on any atom is -0.349 e. The zero-order valence-corrected chi connectivity index (χ0v) is 15.6. The third-order valence-corrected chi connectivity index (χ3v) is 7.31. The average Bonchev–Trinajstić information content (AvgIpc) is 3.18. The number of thiazole rings is 1. The molecule has 0 spiro atoms. The first-order valence-electron chi connectivity index (χ1n) is 9.56. The summed E-state index contributed by atoms with van der Waals surface area (Å²) < 4.78 is 1.95. The molecule has 0 radical (unpaired) electrons. The predicted molar refractivity (Wildman–Crippen MR) is 98.5 cm³/mol. The number of hydrogen-bond acceptors (Lipinski definition) is 4. The van der Waals surface area contributed by atoms with E-state index >= 15 is 0 Å². The van der Waals surface area contributed by atoms with Crippen molar-refractivity contribution in [2.45, 2.75) is 45.1 Å². The molecule has 6 rings (SSSR count). The number of imidazole rings is 1. The summed E-state index contributed by atoms with van der Waals surface area (Å²) >= 11 is 1.57. The van der Waals surface area contributed by atoms with Gasteiger partial charge in [0.05, 0.1) is 18.8 Å². The quantitative estimate of drug-likeness (QED) is 0.846. The normalized spacial score (nSPS) is 32.1. The molecule has 2 amide bonds. The molecule has 2 N–H and O–H groups in total. The van der Waals surface area contributed by atoms with Gasteiger partial charge in [-0.1, -0.05) is 0 Å². The SMILES string of the molecule is O=C(CNC(=O)C12CC3CC(CC(C3)C1)C2)NCc1cn2ccsc2n1. The highest BCUT2D eigenvalue weighted by molar-refractivity contribution is 7.15. The molecule has 2 aromatic heterocycles. The molecule has 7 heteroatoms. The minimum atomic E-state index is -0.191.